The molecule has 2 atom stereocenters. The van der Waals surface area contributed by atoms with Gasteiger partial charge in [0.05, 0.1) is 16.7 Å². The van der Waals surface area contributed by atoms with Crippen LogP contribution in [0.25, 0.3) is 21.7 Å². The fourth-order valence-corrected chi connectivity index (χ4v) is 5.49. The fourth-order valence-electron chi connectivity index (χ4n) is 5.11. The summed E-state index contributed by atoms with van der Waals surface area (Å²) in [6.07, 6.45) is -0.374. The normalized spacial score (nSPS) is 18.7. The second-order valence-corrected chi connectivity index (χ2v) is 9.93. The van der Waals surface area contributed by atoms with Crippen molar-refractivity contribution in [3.8, 4) is 5.88 Å². The van der Waals surface area contributed by atoms with Crippen molar-refractivity contribution in [1.82, 2.24) is 9.88 Å². The highest BCUT2D eigenvalue weighted by molar-refractivity contribution is 9.10. The maximum absolute atomic E-state index is 13.2. The molecule has 0 amide bonds. The number of hydrogen-bond donors (Lipinski definition) is 1. The third-order valence-corrected chi connectivity index (χ3v) is 7.25. The van der Waals surface area contributed by atoms with E-state index < -0.39 is 39.1 Å². The molecule has 0 aliphatic carbocycles. The number of nitrogens with zero attached hydrogens (tertiary/aromatic N) is 2. The Morgan fingerprint density at radius 2 is 1.73 bits per heavy atom. The first-order valence-electron chi connectivity index (χ1n) is 16.3. The summed E-state index contributed by atoms with van der Waals surface area (Å²) >= 11 is 3.48. The van der Waals surface area contributed by atoms with Crippen LogP contribution in [0.3, 0.4) is 0 Å². The molecule has 1 N–H and O–H groups in total. The summed E-state index contributed by atoms with van der Waals surface area (Å²) in [6, 6.07) is 28.5. The number of benzene rings is 4. The Balaban J connectivity index is 1.86. The first-order valence-corrected chi connectivity index (χ1v) is 12.6. The molecule has 0 spiro atoms. The van der Waals surface area contributed by atoms with Crippen LogP contribution in [0.15, 0.2) is 102 Å². The van der Waals surface area contributed by atoms with Crippen molar-refractivity contribution in [3.05, 3.63) is 118 Å². The highest BCUT2D eigenvalue weighted by atomic mass is 79.9. The molecular formula is C32H31BrN2O2. The Morgan fingerprint density at radius 3 is 2.54 bits per heavy atom. The van der Waals surface area contributed by atoms with Gasteiger partial charge in [0.1, 0.15) is 5.60 Å². The summed E-state index contributed by atoms with van der Waals surface area (Å²) in [5.74, 6) is -1.35. The Bertz CT molecular complexity index is 1830. The molecule has 5 rings (SSSR count). The molecule has 0 radical (unpaired) electrons. The molecule has 4 aromatic carbocycles. The lowest BCUT2D eigenvalue weighted by Gasteiger charge is -2.39. The van der Waals surface area contributed by atoms with Gasteiger partial charge in [-0.2, -0.15) is 0 Å². The van der Waals surface area contributed by atoms with Crippen molar-refractivity contribution in [2.24, 2.45) is 0 Å². The zero-order valence-corrected chi connectivity index (χ0v) is 21.4. The van der Waals surface area contributed by atoms with E-state index in [2.05, 4.69) is 20.9 Å². The van der Waals surface area contributed by atoms with Gasteiger partial charge >= 0.3 is 0 Å². The lowest BCUT2D eigenvalue weighted by Crippen LogP contribution is -2.38. The molecule has 2 unspecified atom stereocenters. The number of pyridine rings is 1. The second-order valence-electron chi connectivity index (χ2n) is 9.02. The predicted molar refractivity (Wildman–Crippen MR) is 155 cm³/mol. The van der Waals surface area contributed by atoms with Gasteiger partial charge in [0.15, 0.2) is 0 Å². The van der Waals surface area contributed by atoms with E-state index in [1.165, 1.54) is 0 Å². The lowest BCUT2D eigenvalue weighted by atomic mass is 9.70. The molecule has 0 saturated carbocycles. The average molecular weight is 565 g/mol. The molecule has 5 heteroatoms. The van der Waals surface area contributed by atoms with E-state index in [1.807, 2.05) is 24.3 Å². The van der Waals surface area contributed by atoms with Gasteiger partial charge in [0.25, 0.3) is 0 Å². The number of aliphatic hydroxyl groups is 1. The first-order chi connectivity index (χ1) is 21.5. The molecule has 4 nitrogen and oxygen atoms in total. The average Bonchev–Trinajstić information content (AvgIpc) is 2.96. The SMILES string of the molecule is [2H]C([2H])([2H])Oc1nc2ccc(Br)cc2cc1C(c1ccccc1)C(O)(CCN(C([2H])([2H])[2H])C([2H])([2H])[2H])c1cccc2ccccc12. The molecule has 1 heterocycles. The van der Waals surface area contributed by atoms with Crippen molar-refractivity contribution in [2.45, 2.75) is 17.9 Å². The van der Waals surface area contributed by atoms with Crippen LogP contribution in [0.2, 0.25) is 0 Å². The Labute approximate surface area is 239 Å². The van der Waals surface area contributed by atoms with Crippen LogP contribution in [-0.4, -0.2) is 42.5 Å². The van der Waals surface area contributed by atoms with Crippen molar-refractivity contribution < 1.29 is 22.2 Å². The van der Waals surface area contributed by atoms with Crippen molar-refractivity contribution in [3.63, 3.8) is 0 Å². The summed E-state index contributed by atoms with van der Waals surface area (Å²) in [4.78, 5) is 5.00. The van der Waals surface area contributed by atoms with Crippen LogP contribution in [0.5, 0.6) is 5.88 Å². The molecule has 37 heavy (non-hydrogen) atoms. The third kappa shape index (κ3) is 4.99. The van der Waals surface area contributed by atoms with Crippen LogP contribution in [-0.2, 0) is 5.60 Å². The molecule has 0 saturated heterocycles. The molecule has 5 aromatic rings. The van der Waals surface area contributed by atoms with Crippen LogP contribution < -0.4 is 4.74 Å². The summed E-state index contributed by atoms with van der Waals surface area (Å²) in [5, 5.41) is 15.3. The highest BCUT2D eigenvalue weighted by Gasteiger charge is 2.43. The minimum atomic E-state index is -3.00. The zero-order valence-electron chi connectivity index (χ0n) is 28.9. The van der Waals surface area contributed by atoms with E-state index in [1.54, 1.807) is 72.8 Å². The highest BCUT2D eigenvalue weighted by Crippen LogP contribution is 2.49. The molecular weight excluding hydrogens is 524 g/mol. The van der Waals surface area contributed by atoms with Crippen LogP contribution in [0, 0.1) is 0 Å². The van der Waals surface area contributed by atoms with E-state index in [0.717, 1.165) is 9.86 Å². The Hall–Kier alpha value is -3.25. The smallest absolute Gasteiger partial charge is 0.217 e. The number of rotatable bonds is 8. The number of fused-ring (bicyclic) bond motifs is 2. The van der Waals surface area contributed by atoms with Crippen LogP contribution in [0.4, 0.5) is 0 Å². The number of ether oxygens (including phenoxy) is 1. The van der Waals surface area contributed by atoms with E-state index in [9.17, 15) is 5.11 Å². The largest absolute Gasteiger partial charge is 0.481 e. The van der Waals surface area contributed by atoms with Crippen molar-refractivity contribution >= 4 is 37.6 Å². The predicted octanol–water partition coefficient (Wildman–Crippen LogP) is 7.13. The molecule has 1 aromatic heterocycles. The lowest BCUT2D eigenvalue weighted by molar-refractivity contribution is 0.00520. The molecule has 0 bridgehead atoms. The number of hydrogen-bond acceptors (Lipinski definition) is 4. The van der Waals surface area contributed by atoms with Crippen LogP contribution in [0.1, 0.15) is 41.4 Å². The van der Waals surface area contributed by atoms with Crippen molar-refractivity contribution in [1.29, 1.82) is 0 Å². The van der Waals surface area contributed by atoms with E-state index in [-0.39, 0.29) is 17.9 Å². The quantitative estimate of drug-likeness (QED) is 0.218. The zero-order chi connectivity index (χ0) is 33.5. The number of aromatic nitrogens is 1. The third-order valence-electron chi connectivity index (χ3n) is 6.76. The van der Waals surface area contributed by atoms with Gasteiger partial charge in [0, 0.05) is 36.1 Å². The second kappa shape index (κ2) is 10.6. The summed E-state index contributed by atoms with van der Waals surface area (Å²) in [7, 11) is -2.90. The molecule has 0 aliphatic rings. The fraction of sp³-hybridized carbons (Fsp3) is 0.219. The topological polar surface area (TPSA) is 45.6 Å². The Kier molecular flexibility index (Phi) is 4.75. The summed E-state index contributed by atoms with van der Waals surface area (Å²) in [6.45, 7) is -6.56. The standard InChI is InChI=1S/C32H31BrN2O2/c1-35(2)19-18-32(36,28-15-9-13-22-10-7-8-14-26(22)28)30(23-11-5-4-6-12-23)27-21-24-20-25(33)16-17-29(24)34-31(27)37-3/h4-17,20-21,30,36H,18-19H2,1-3H3/i1D3,2D3,3D3. The van der Waals surface area contributed by atoms with Gasteiger partial charge in [-0.25, -0.2) is 4.98 Å². The Morgan fingerprint density at radius 1 is 0.946 bits per heavy atom. The van der Waals surface area contributed by atoms with Crippen molar-refractivity contribution in [2.75, 3.05) is 27.5 Å². The molecule has 0 fully saturated rings. The van der Waals surface area contributed by atoms with E-state index in [4.69, 9.17) is 17.1 Å². The first kappa shape index (κ1) is 16.6. The van der Waals surface area contributed by atoms with E-state index >= 15 is 0 Å². The van der Waals surface area contributed by atoms with E-state index in [0.29, 0.717) is 32.3 Å². The maximum Gasteiger partial charge on any atom is 0.217 e. The summed E-state index contributed by atoms with van der Waals surface area (Å²) in [5.41, 5.74) is -0.422. The van der Waals surface area contributed by atoms with Gasteiger partial charge in [-0.05, 0) is 66.5 Å². The number of methoxy groups -OCH3 is 1. The van der Waals surface area contributed by atoms with Gasteiger partial charge in [0.2, 0.25) is 5.88 Å². The summed E-state index contributed by atoms with van der Waals surface area (Å²) < 4.78 is 77.9. The molecule has 188 valence electrons. The van der Waals surface area contributed by atoms with Gasteiger partial charge < -0.3 is 14.7 Å². The van der Waals surface area contributed by atoms with Gasteiger partial charge in [-0.1, -0.05) is 88.7 Å². The van der Waals surface area contributed by atoms with Crippen LogP contribution >= 0.6 is 15.9 Å². The minimum Gasteiger partial charge on any atom is -0.481 e. The maximum atomic E-state index is 13.2. The van der Waals surface area contributed by atoms with Gasteiger partial charge in [-0.3, -0.25) is 0 Å². The molecule has 0 aliphatic heterocycles. The monoisotopic (exact) mass is 563 g/mol. The number of halogens is 1. The minimum absolute atomic E-state index is 0.220. The van der Waals surface area contributed by atoms with Gasteiger partial charge in [-0.15, -0.1) is 0 Å².